The molecule has 1 unspecified atom stereocenters. The Morgan fingerprint density at radius 2 is 0.796 bits per heavy atom. The van der Waals surface area contributed by atoms with Gasteiger partial charge in [-0.15, -0.1) is 0 Å². The standard InChI is InChI=1S/C18H40NSi.C12H28NSi.C12H27NSi.V/c1-12-14-15(13-2)19-20(16(3,4)5,17(6,7)8)18(9,10)11;2*1-10(2,3)14(13,11(4,5)6)12(7,8)9;/h15,19H,3,12-14H2,1-2,4-11H3;13H,1-9H3;1-9H3;/q2*-1;;+2. The van der Waals surface area contributed by atoms with Crippen LogP contribution in [0.3, 0.4) is 0 Å². The molecular formula is C42H95N3Si3V. The number of hydrogen-bond donors (Lipinski definition) is 1. The Hall–Kier alpha value is 0.955. The van der Waals surface area contributed by atoms with Gasteiger partial charge in [0.05, 0.1) is 0 Å². The minimum Gasteiger partial charge on any atom is -0.339 e. The molecule has 0 aliphatic heterocycles. The van der Waals surface area contributed by atoms with Crippen molar-refractivity contribution in [3.63, 3.8) is 0 Å². The predicted molar refractivity (Wildman–Crippen MR) is 233 cm³/mol. The van der Waals surface area contributed by atoms with Crippen LogP contribution in [0, 0.1) is 6.92 Å². The third-order valence-corrected chi connectivity index (χ3v) is 33.9. The molecule has 49 heavy (non-hydrogen) atoms. The molecule has 0 amide bonds. The molecule has 0 aliphatic carbocycles. The average Bonchev–Trinajstić information content (AvgIpc) is 2.75. The van der Waals surface area contributed by atoms with Crippen molar-refractivity contribution in [1.29, 1.82) is 0 Å². The Kier molecular flexibility index (Phi) is 19.0. The third-order valence-electron chi connectivity index (χ3n) is 11.6. The number of rotatable bonds is 7. The van der Waals surface area contributed by atoms with E-state index in [9.17, 15) is 0 Å². The molecule has 0 aromatic rings. The Balaban J connectivity index is -0.000000662. The zero-order chi connectivity index (χ0) is 41.1. The first-order valence-corrected chi connectivity index (χ1v) is 26.1. The van der Waals surface area contributed by atoms with E-state index in [1.54, 1.807) is 0 Å². The summed E-state index contributed by atoms with van der Waals surface area (Å²) in [7, 11) is -5.76. The molecular weight excluding hydrogens is 682 g/mol. The van der Waals surface area contributed by atoms with Crippen molar-refractivity contribution in [3.05, 3.63) is 12.3 Å². The fourth-order valence-electron chi connectivity index (χ4n) is 12.0. The maximum atomic E-state index is 9.01. The van der Waals surface area contributed by atoms with Crippen LogP contribution in [0.2, 0.25) is 45.3 Å². The summed E-state index contributed by atoms with van der Waals surface area (Å²) in [4.78, 5) is 4.21. The second-order valence-corrected chi connectivity index (χ2v) is 43.4. The molecule has 0 aliphatic rings. The molecule has 0 aromatic heterocycles. The second kappa shape index (κ2) is 17.2. The van der Waals surface area contributed by atoms with Gasteiger partial charge in [0.25, 0.3) is 0 Å². The molecule has 3 nitrogen and oxygen atoms in total. The zero-order valence-corrected chi connectivity index (χ0v) is 43.7. The Bertz CT molecular complexity index is 880. The van der Waals surface area contributed by atoms with Crippen LogP contribution >= 0.6 is 0 Å². The van der Waals surface area contributed by atoms with Gasteiger partial charge in [-0.2, -0.15) is 5.04 Å². The van der Waals surface area contributed by atoms with Crippen molar-refractivity contribution < 1.29 is 17.2 Å². The first-order valence-electron chi connectivity index (χ1n) is 19.5. The van der Waals surface area contributed by atoms with Crippen molar-refractivity contribution >= 4 is 24.7 Å². The summed E-state index contributed by atoms with van der Waals surface area (Å²) in [6, 6.07) is 0.631. The summed E-state index contributed by atoms with van der Waals surface area (Å²) in [5, 5.41) is 10.9. The largest absolute Gasteiger partial charge is 0.339 e. The van der Waals surface area contributed by atoms with Crippen molar-refractivity contribution in [2.45, 2.75) is 265 Å². The molecule has 0 rings (SSSR count). The fourth-order valence-corrected chi connectivity index (χ4v) is 39.2. The third kappa shape index (κ3) is 12.0. The summed E-state index contributed by atoms with van der Waals surface area (Å²) < 4.78 is 4.91. The second-order valence-electron chi connectivity index (χ2n) is 24.2. The summed E-state index contributed by atoms with van der Waals surface area (Å²) >= 11 is 2.51. The molecule has 0 radical (unpaired) electrons. The van der Waals surface area contributed by atoms with Gasteiger partial charge in [-0.05, 0) is 31.2 Å². The summed E-state index contributed by atoms with van der Waals surface area (Å²) in [5.41, 5.74) is 0. The van der Waals surface area contributed by atoms with Gasteiger partial charge in [-0.3, -0.25) is 0 Å². The molecule has 0 bridgehead atoms. The summed E-state index contributed by atoms with van der Waals surface area (Å²) in [6.07, 6.45) is 3.74. The molecule has 0 spiro atoms. The van der Waals surface area contributed by atoms with Gasteiger partial charge < -0.3 is 17.3 Å². The molecule has 0 fully saturated rings. The SMILES string of the molecule is CC(C)(C)[Si]([NH-])(C(C)(C)C)C(C)(C)C.CC(C)(C)[Si]([N]=[V+2])(C(C)(C)C)C(C)(C)C.[CH2-]C(C)(C)[Si](NC(CC)CCC)(C(C)(C)C)C(C)(C)C. The van der Waals surface area contributed by atoms with Crippen LogP contribution in [0.4, 0.5) is 0 Å². The molecule has 295 valence electrons. The van der Waals surface area contributed by atoms with Crippen molar-refractivity contribution in [2.24, 2.45) is 3.46 Å². The molecule has 0 saturated carbocycles. The minimum absolute atomic E-state index is 0.0880. The molecule has 0 saturated heterocycles. The van der Waals surface area contributed by atoms with E-state index in [2.05, 4.69) is 223 Å². The zero-order valence-electron chi connectivity index (χ0n) is 39.3. The van der Waals surface area contributed by atoms with E-state index in [4.69, 9.17) is 8.86 Å². The van der Waals surface area contributed by atoms with E-state index in [1.165, 1.54) is 19.3 Å². The van der Waals surface area contributed by atoms with E-state index in [-0.39, 0.29) is 45.3 Å². The van der Waals surface area contributed by atoms with E-state index < -0.39 is 24.7 Å². The molecule has 7 heteroatoms. The summed E-state index contributed by atoms with van der Waals surface area (Å²) in [5.74, 6) is 0. The van der Waals surface area contributed by atoms with Crippen LogP contribution in [0.1, 0.15) is 213 Å². The van der Waals surface area contributed by atoms with Gasteiger partial charge >= 0.3 is 106 Å². The maximum absolute atomic E-state index is 9.01. The van der Waals surface area contributed by atoms with Crippen LogP contribution in [0.5, 0.6) is 0 Å². The van der Waals surface area contributed by atoms with Gasteiger partial charge in [-0.1, -0.05) is 153 Å². The van der Waals surface area contributed by atoms with Gasteiger partial charge in [-0.25, -0.2) is 0 Å². The first kappa shape index (κ1) is 54.3. The maximum Gasteiger partial charge on any atom is 0.112 e. The predicted octanol–water partition coefficient (Wildman–Crippen LogP) is 16.8. The van der Waals surface area contributed by atoms with E-state index in [0.29, 0.717) is 6.04 Å². The van der Waals surface area contributed by atoms with Gasteiger partial charge in [0.1, 0.15) is 8.24 Å². The van der Waals surface area contributed by atoms with Crippen molar-refractivity contribution in [2.75, 3.05) is 0 Å². The molecule has 0 aromatic carbocycles. The average molecular weight is 777 g/mol. The molecule has 0 heterocycles. The van der Waals surface area contributed by atoms with Crippen molar-refractivity contribution in [3.8, 4) is 0 Å². The van der Waals surface area contributed by atoms with E-state index in [1.807, 2.05) is 0 Å². The van der Waals surface area contributed by atoms with Crippen LogP contribution in [0.25, 0.3) is 5.40 Å². The van der Waals surface area contributed by atoms with Crippen LogP contribution in [-0.2, 0) is 17.2 Å². The van der Waals surface area contributed by atoms with E-state index in [0.717, 1.165) is 0 Å². The number of hydrogen-bond acceptors (Lipinski definition) is 2. The quantitative estimate of drug-likeness (QED) is 0.203. The molecule has 2 N–H and O–H groups in total. The smallest absolute Gasteiger partial charge is 0.112 e. The van der Waals surface area contributed by atoms with E-state index >= 15 is 0 Å². The van der Waals surface area contributed by atoms with Crippen molar-refractivity contribution in [1.82, 2.24) is 4.98 Å². The Labute approximate surface area is 325 Å². The minimum atomic E-state index is -2.10. The summed E-state index contributed by atoms with van der Waals surface area (Å²) in [6.45, 7) is 69.8. The first-order chi connectivity index (χ1) is 20.8. The fraction of sp³-hybridized carbons (Fsp3) is 0.976. The van der Waals surface area contributed by atoms with Crippen LogP contribution in [0.15, 0.2) is 3.46 Å². The van der Waals surface area contributed by atoms with Gasteiger partial charge in [0, 0.05) is 6.04 Å². The number of nitrogens with zero attached hydrogens (tertiary/aromatic N) is 1. The topological polar surface area (TPSA) is 48.2 Å². The Morgan fingerprint density at radius 1 is 0.531 bits per heavy atom. The molecule has 1 atom stereocenters. The monoisotopic (exact) mass is 777 g/mol. The Morgan fingerprint density at radius 3 is 0.878 bits per heavy atom. The van der Waals surface area contributed by atoms with Gasteiger partial charge in [0.15, 0.2) is 0 Å². The van der Waals surface area contributed by atoms with Crippen LogP contribution in [-0.4, -0.2) is 30.7 Å². The van der Waals surface area contributed by atoms with Gasteiger partial charge in [0.2, 0.25) is 0 Å². The normalized spacial score (nSPS) is 15.9. The van der Waals surface area contributed by atoms with Crippen LogP contribution < -0.4 is 4.98 Å². The number of nitrogens with one attached hydrogen (secondary N) is 2.